The van der Waals surface area contributed by atoms with Gasteiger partial charge in [0.05, 0.1) is 0 Å². The van der Waals surface area contributed by atoms with Crippen LogP contribution in [0.4, 0.5) is 10.1 Å². The molecule has 0 aliphatic rings. The fourth-order valence-corrected chi connectivity index (χ4v) is 1.91. The van der Waals surface area contributed by atoms with Gasteiger partial charge in [0.2, 0.25) is 0 Å². The topological polar surface area (TPSA) is 20.3 Å². The van der Waals surface area contributed by atoms with Gasteiger partial charge >= 0.3 is 0 Å². The summed E-state index contributed by atoms with van der Waals surface area (Å²) < 4.78 is 13.1. The summed E-state index contributed by atoms with van der Waals surface area (Å²) in [5.41, 5.74) is 2.01. The third-order valence-electron chi connectivity index (χ3n) is 2.86. The van der Waals surface area contributed by atoms with Gasteiger partial charge in [-0.15, -0.1) is 11.6 Å². The largest absolute Gasteiger partial charge is 0.311 e. The van der Waals surface area contributed by atoms with Crippen LogP contribution in [0, 0.1) is 5.82 Å². The molecule has 0 saturated heterocycles. The number of hydrogen-bond donors (Lipinski definition) is 0. The van der Waals surface area contributed by atoms with Gasteiger partial charge in [0.25, 0.3) is 5.91 Å². The van der Waals surface area contributed by atoms with Crippen molar-refractivity contribution in [3.8, 4) is 0 Å². The maximum absolute atomic E-state index is 13.1. The number of amides is 1. The molecule has 98 valence electrons. The maximum atomic E-state index is 13.1. The number of halogens is 2. The van der Waals surface area contributed by atoms with Gasteiger partial charge in [-0.3, -0.25) is 4.79 Å². The van der Waals surface area contributed by atoms with Gasteiger partial charge in [-0.25, -0.2) is 4.39 Å². The van der Waals surface area contributed by atoms with Crippen LogP contribution in [0.1, 0.15) is 15.9 Å². The minimum Gasteiger partial charge on any atom is -0.311 e. The lowest BCUT2D eigenvalue weighted by atomic mass is 10.1. The molecule has 0 atom stereocenters. The Morgan fingerprint density at radius 2 is 1.89 bits per heavy atom. The van der Waals surface area contributed by atoms with Crippen molar-refractivity contribution in [1.29, 1.82) is 0 Å². The highest BCUT2D eigenvalue weighted by atomic mass is 35.5. The Bertz CT molecular complexity index is 583. The molecule has 0 aromatic heterocycles. The predicted octanol–water partition coefficient (Wildman–Crippen LogP) is 3.84. The fourth-order valence-electron chi connectivity index (χ4n) is 1.73. The zero-order valence-electron chi connectivity index (χ0n) is 10.4. The molecule has 0 aliphatic heterocycles. The molecule has 4 heteroatoms. The van der Waals surface area contributed by atoms with Crippen LogP contribution in [-0.4, -0.2) is 13.0 Å². The minimum atomic E-state index is -0.366. The predicted molar refractivity (Wildman–Crippen MR) is 75.1 cm³/mol. The van der Waals surface area contributed by atoms with E-state index in [0.29, 0.717) is 17.1 Å². The van der Waals surface area contributed by atoms with E-state index in [1.54, 1.807) is 43.4 Å². The van der Waals surface area contributed by atoms with E-state index in [2.05, 4.69) is 0 Å². The number of rotatable bonds is 3. The first-order valence-electron chi connectivity index (χ1n) is 5.80. The standard InChI is InChI=1S/C15H13ClFNO/c1-18(14-4-2-3-13(17)9-14)15(19)12-7-5-11(10-16)6-8-12/h2-9H,10H2,1H3. The summed E-state index contributed by atoms with van der Waals surface area (Å²) in [5.74, 6) is -0.143. The number of nitrogens with zero attached hydrogens (tertiary/aromatic N) is 1. The van der Waals surface area contributed by atoms with Gasteiger partial charge < -0.3 is 4.90 Å². The van der Waals surface area contributed by atoms with E-state index in [9.17, 15) is 9.18 Å². The number of anilines is 1. The summed E-state index contributed by atoms with van der Waals surface area (Å²) >= 11 is 5.70. The Hall–Kier alpha value is -1.87. The van der Waals surface area contributed by atoms with E-state index in [1.807, 2.05) is 0 Å². The number of carbonyl (C=O) groups excluding carboxylic acids is 1. The summed E-state index contributed by atoms with van der Waals surface area (Å²) in [7, 11) is 1.62. The number of alkyl halides is 1. The average Bonchev–Trinajstić information content (AvgIpc) is 2.46. The smallest absolute Gasteiger partial charge is 0.258 e. The van der Waals surface area contributed by atoms with Crippen LogP contribution < -0.4 is 4.90 Å². The average molecular weight is 278 g/mol. The quantitative estimate of drug-likeness (QED) is 0.781. The van der Waals surface area contributed by atoms with Crippen LogP contribution in [0.3, 0.4) is 0 Å². The Morgan fingerprint density at radius 1 is 1.21 bits per heavy atom. The van der Waals surface area contributed by atoms with Gasteiger partial charge in [-0.05, 0) is 35.9 Å². The summed E-state index contributed by atoms with van der Waals surface area (Å²) in [5, 5.41) is 0. The highest BCUT2D eigenvalue weighted by Gasteiger charge is 2.13. The molecule has 2 aromatic rings. The van der Waals surface area contributed by atoms with Gasteiger partial charge in [-0.1, -0.05) is 18.2 Å². The molecule has 0 bridgehead atoms. The van der Waals surface area contributed by atoms with E-state index in [-0.39, 0.29) is 11.7 Å². The van der Waals surface area contributed by atoms with Gasteiger partial charge in [0.1, 0.15) is 5.82 Å². The molecular weight excluding hydrogens is 265 g/mol. The molecule has 0 fully saturated rings. The van der Waals surface area contributed by atoms with Crippen LogP contribution in [0.5, 0.6) is 0 Å². The molecule has 0 N–H and O–H groups in total. The van der Waals surface area contributed by atoms with Crippen molar-refractivity contribution in [2.45, 2.75) is 5.88 Å². The lowest BCUT2D eigenvalue weighted by molar-refractivity contribution is 0.0993. The van der Waals surface area contributed by atoms with Crippen LogP contribution in [0.15, 0.2) is 48.5 Å². The minimum absolute atomic E-state index is 0.188. The van der Waals surface area contributed by atoms with Crippen LogP contribution in [0.25, 0.3) is 0 Å². The summed E-state index contributed by atoms with van der Waals surface area (Å²) in [6, 6.07) is 13.0. The number of carbonyl (C=O) groups is 1. The molecule has 0 spiro atoms. The molecule has 2 nitrogen and oxygen atoms in total. The third kappa shape index (κ3) is 3.12. The molecule has 2 aromatic carbocycles. The highest BCUT2D eigenvalue weighted by molar-refractivity contribution is 6.17. The van der Waals surface area contributed by atoms with E-state index < -0.39 is 0 Å². The molecule has 0 heterocycles. The Labute approximate surface area is 116 Å². The van der Waals surface area contributed by atoms with Crippen LogP contribution in [0.2, 0.25) is 0 Å². The van der Waals surface area contributed by atoms with E-state index in [4.69, 9.17) is 11.6 Å². The van der Waals surface area contributed by atoms with Crippen molar-refractivity contribution in [3.63, 3.8) is 0 Å². The summed E-state index contributed by atoms with van der Waals surface area (Å²) in [6.45, 7) is 0. The van der Waals surface area contributed by atoms with Crippen molar-refractivity contribution in [1.82, 2.24) is 0 Å². The molecule has 0 radical (unpaired) electrons. The molecule has 0 saturated carbocycles. The SMILES string of the molecule is CN(C(=O)c1ccc(CCl)cc1)c1cccc(F)c1. The Morgan fingerprint density at radius 3 is 2.47 bits per heavy atom. The zero-order chi connectivity index (χ0) is 13.8. The van der Waals surface area contributed by atoms with Gasteiger partial charge in [0.15, 0.2) is 0 Å². The first-order chi connectivity index (χ1) is 9.11. The molecule has 19 heavy (non-hydrogen) atoms. The molecule has 1 amide bonds. The maximum Gasteiger partial charge on any atom is 0.258 e. The molecule has 2 rings (SSSR count). The monoisotopic (exact) mass is 277 g/mol. The van der Waals surface area contributed by atoms with Crippen LogP contribution >= 0.6 is 11.6 Å². The van der Waals surface area contributed by atoms with Crippen molar-refractivity contribution < 1.29 is 9.18 Å². The van der Waals surface area contributed by atoms with E-state index in [0.717, 1.165) is 5.56 Å². The van der Waals surface area contributed by atoms with Gasteiger partial charge in [0, 0.05) is 24.2 Å². The third-order valence-corrected chi connectivity index (χ3v) is 3.16. The number of hydrogen-bond acceptors (Lipinski definition) is 1. The van der Waals surface area contributed by atoms with Gasteiger partial charge in [-0.2, -0.15) is 0 Å². The Balaban J connectivity index is 2.23. The van der Waals surface area contributed by atoms with E-state index in [1.165, 1.54) is 17.0 Å². The van der Waals surface area contributed by atoms with Crippen molar-refractivity contribution in [3.05, 3.63) is 65.5 Å². The second kappa shape index (κ2) is 5.85. The second-order valence-electron chi connectivity index (χ2n) is 4.17. The lowest BCUT2D eigenvalue weighted by Crippen LogP contribution is -2.26. The second-order valence-corrected chi connectivity index (χ2v) is 4.44. The first-order valence-corrected chi connectivity index (χ1v) is 6.34. The summed E-state index contributed by atoms with van der Waals surface area (Å²) in [4.78, 5) is 13.6. The lowest BCUT2D eigenvalue weighted by Gasteiger charge is -2.17. The van der Waals surface area contributed by atoms with E-state index >= 15 is 0 Å². The van der Waals surface area contributed by atoms with Crippen molar-refractivity contribution in [2.75, 3.05) is 11.9 Å². The zero-order valence-corrected chi connectivity index (χ0v) is 11.2. The summed E-state index contributed by atoms with van der Waals surface area (Å²) in [6.07, 6.45) is 0. The fraction of sp³-hybridized carbons (Fsp3) is 0.133. The molecular formula is C15H13ClFNO. The normalized spacial score (nSPS) is 10.3. The Kier molecular flexibility index (Phi) is 4.17. The highest BCUT2D eigenvalue weighted by Crippen LogP contribution is 2.17. The molecule has 0 unspecified atom stereocenters. The van der Waals surface area contributed by atoms with Crippen molar-refractivity contribution >= 4 is 23.2 Å². The number of benzene rings is 2. The van der Waals surface area contributed by atoms with Crippen molar-refractivity contribution in [2.24, 2.45) is 0 Å². The molecule has 0 aliphatic carbocycles. The first kappa shape index (κ1) is 13.6. The van der Waals surface area contributed by atoms with Crippen LogP contribution in [-0.2, 0) is 5.88 Å².